The lowest BCUT2D eigenvalue weighted by molar-refractivity contribution is 0.757. The molecule has 94 valence electrons. The van der Waals surface area contributed by atoms with Crippen LogP contribution < -0.4 is 5.32 Å². The van der Waals surface area contributed by atoms with Gasteiger partial charge >= 0.3 is 0 Å². The molecule has 1 aromatic heterocycles. The number of benzene rings is 1. The number of rotatable bonds is 4. The summed E-state index contributed by atoms with van der Waals surface area (Å²) in [6.45, 7) is 4.37. The zero-order valence-electron chi connectivity index (χ0n) is 11.0. The monoisotopic (exact) mass is 241 g/mol. The van der Waals surface area contributed by atoms with Gasteiger partial charge in [-0.3, -0.25) is 0 Å². The van der Waals surface area contributed by atoms with Crippen LogP contribution >= 0.6 is 0 Å². The van der Waals surface area contributed by atoms with Crippen molar-refractivity contribution in [2.45, 2.75) is 45.1 Å². The lowest BCUT2D eigenvalue weighted by Gasteiger charge is -2.15. The van der Waals surface area contributed by atoms with Gasteiger partial charge in [-0.15, -0.1) is 0 Å². The van der Waals surface area contributed by atoms with Crippen molar-refractivity contribution >= 4 is 16.7 Å². The molecule has 18 heavy (non-hydrogen) atoms. The van der Waals surface area contributed by atoms with E-state index < -0.39 is 0 Å². The number of aromatic nitrogens is 2. The molecule has 1 saturated carbocycles. The van der Waals surface area contributed by atoms with E-state index in [1.165, 1.54) is 12.8 Å². The van der Waals surface area contributed by atoms with E-state index in [-0.39, 0.29) is 0 Å². The van der Waals surface area contributed by atoms with Gasteiger partial charge in [0.15, 0.2) is 0 Å². The standard InChI is InChI=1S/C15H19N3/c1-3-10(2)16-15-12-6-4-5-7-13(12)17-14(18-15)11-8-9-11/h4-7,10-11H,3,8-9H2,1-2H3,(H,16,17,18)/t10-/m0/s1. The summed E-state index contributed by atoms with van der Waals surface area (Å²) in [4.78, 5) is 9.41. The fraction of sp³-hybridized carbons (Fsp3) is 0.467. The van der Waals surface area contributed by atoms with E-state index in [2.05, 4.69) is 36.3 Å². The van der Waals surface area contributed by atoms with E-state index >= 15 is 0 Å². The molecule has 1 fully saturated rings. The second kappa shape index (κ2) is 4.56. The Morgan fingerprint density at radius 3 is 2.78 bits per heavy atom. The van der Waals surface area contributed by atoms with Crippen LogP contribution in [0.3, 0.4) is 0 Å². The Morgan fingerprint density at radius 2 is 2.06 bits per heavy atom. The zero-order valence-corrected chi connectivity index (χ0v) is 11.0. The van der Waals surface area contributed by atoms with Gasteiger partial charge < -0.3 is 5.32 Å². The van der Waals surface area contributed by atoms with Crippen LogP contribution in [-0.4, -0.2) is 16.0 Å². The molecule has 0 saturated heterocycles. The van der Waals surface area contributed by atoms with E-state index in [0.717, 1.165) is 29.0 Å². The lowest BCUT2D eigenvalue weighted by atomic mass is 10.2. The summed E-state index contributed by atoms with van der Waals surface area (Å²) in [6.07, 6.45) is 3.57. The molecule has 0 spiro atoms. The number of fused-ring (bicyclic) bond motifs is 1. The average molecular weight is 241 g/mol. The van der Waals surface area contributed by atoms with Crippen LogP contribution in [0, 0.1) is 0 Å². The molecule has 3 rings (SSSR count). The van der Waals surface area contributed by atoms with Gasteiger partial charge in [-0.1, -0.05) is 19.1 Å². The Bertz CT molecular complexity index is 561. The zero-order chi connectivity index (χ0) is 12.5. The third-order valence-electron chi connectivity index (χ3n) is 3.56. The molecule has 3 heteroatoms. The van der Waals surface area contributed by atoms with Gasteiger partial charge in [0.1, 0.15) is 11.6 Å². The highest BCUT2D eigenvalue weighted by Crippen LogP contribution is 2.39. The highest BCUT2D eigenvalue weighted by molar-refractivity contribution is 5.89. The highest BCUT2D eigenvalue weighted by Gasteiger charge is 2.27. The van der Waals surface area contributed by atoms with Gasteiger partial charge in [0.05, 0.1) is 5.52 Å². The minimum absolute atomic E-state index is 0.440. The smallest absolute Gasteiger partial charge is 0.137 e. The number of hydrogen-bond acceptors (Lipinski definition) is 3. The number of anilines is 1. The maximum atomic E-state index is 4.73. The van der Waals surface area contributed by atoms with E-state index in [0.29, 0.717) is 12.0 Å². The Kier molecular flexibility index (Phi) is 2.90. The molecule has 1 aromatic carbocycles. The highest BCUT2D eigenvalue weighted by atomic mass is 15.1. The van der Waals surface area contributed by atoms with Crippen molar-refractivity contribution in [2.24, 2.45) is 0 Å². The van der Waals surface area contributed by atoms with Crippen molar-refractivity contribution in [3.63, 3.8) is 0 Å². The predicted molar refractivity (Wildman–Crippen MR) is 74.9 cm³/mol. The van der Waals surface area contributed by atoms with Crippen LogP contribution in [0.5, 0.6) is 0 Å². The van der Waals surface area contributed by atoms with Gasteiger partial charge in [-0.05, 0) is 38.3 Å². The minimum atomic E-state index is 0.440. The van der Waals surface area contributed by atoms with E-state index in [4.69, 9.17) is 4.98 Å². The van der Waals surface area contributed by atoms with E-state index in [9.17, 15) is 0 Å². The van der Waals surface area contributed by atoms with E-state index in [1.807, 2.05) is 12.1 Å². The van der Waals surface area contributed by atoms with E-state index in [1.54, 1.807) is 0 Å². The maximum Gasteiger partial charge on any atom is 0.137 e. The number of nitrogens with zero attached hydrogens (tertiary/aromatic N) is 2. The number of para-hydroxylation sites is 1. The third kappa shape index (κ3) is 2.17. The number of nitrogens with one attached hydrogen (secondary N) is 1. The van der Waals surface area contributed by atoms with Crippen molar-refractivity contribution in [3.8, 4) is 0 Å². The SMILES string of the molecule is CC[C@H](C)Nc1nc(C2CC2)nc2ccccc12. The molecule has 1 heterocycles. The first-order valence-corrected chi connectivity index (χ1v) is 6.81. The molecule has 1 aliphatic rings. The van der Waals surface area contributed by atoms with Crippen molar-refractivity contribution in [1.82, 2.24) is 9.97 Å². The quantitative estimate of drug-likeness (QED) is 0.886. The molecule has 3 nitrogen and oxygen atoms in total. The first kappa shape index (κ1) is 11.5. The Labute approximate surface area is 108 Å². The first-order valence-electron chi connectivity index (χ1n) is 6.81. The average Bonchev–Trinajstić information content (AvgIpc) is 3.22. The molecule has 1 atom stereocenters. The molecule has 1 N–H and O–H groups in total. The normalized spacial score (nSPS) is 16.8. The molecule has 0 radical (unpaired) electrons. The van der Waals surface area contributed by atoms with Crippen molar-refractivity contribution < 1.29 is 0 Å². The van der Waals surface area contributed by atoms with Crippen LogP contribution in [-0.2, 0) is 0 Å². The summed E-state index contributed by atoms with van der Waals surface area (Å²) in [5.74, 6) is 2.60. The second-order valence-corrected chi connectivity index (χ2v) is 5.18. The largest absolute Gasteiger partial charge is 0.367 e. The fourth-order valence-corrected chi connectivity index (χ4v) is 2.06. The van der Waals surface area contributed by atoms with Crippen molar-refractivity contribution in [3.05, 3.63) is 30.1 Å². The molecule has 0 unspecified atom stereocenters. The summed E-state index contributed by atoms with van der Waals surface area (Å²) in [5, 5.41) is 4.63. The summed E-state index contributed by atoms with van der Waals surface area (Å²) in [6, 6.07) is 8.69. The summed E-state index contributed by atoms with van der Waals surface area (Å²) in [7, 11) is 0. The minimum Gasteiger partial charge on any atom is -0.367 e. The van der Waals surface area contributed by atoms with Gasteiger partial charge in [0.2, 0.25) is 0 Å². The molecular weight excluding hydrogens is 222 g/mol. The number of hydrogen-bond donors (Lipinski definition) is 1. The molecule has 1 aliphatic carbocycles. The summed E-state index contributed by atoms with van der Waals surface area (Å²) < 4.78 is 0. The Hall–Kier alpha value is -1.64. The first-order chi connectivity index (χ1) is 8.78. The Morgan fingerprint density at radius 1 is 1.28 bits per heavy atom. The molecule has 0 aliphatic heterocycles. The van der Waals surface area contributed by atoms with Gasteiger partial charge in [0, 0.05) is 17.3 Å². The van der Waals surface area contributed by atoms with Crippen LogP contribution in [0.1, 0.15) is 44.9 Å². The molecule has 2 aromatic rings. The molecular formula is C15H19N3. The summed E-state index contributed by atoms with van der Waals surface area (Å²) >= 11 is 0. The fourth-order valence-electron chi connectivity index (χ4n) is 2.06. The van der Waals surface area contributed by atoms with Gasteiger partial charge in [0.25, 0.3) is 0 Å². The van der Waals surface area contributed by atoms with Crippen molar-refractivity contribution in [1.29, 1.82) is 0 Å². The van der Waals surface area contributed by atoms with Gasteiger partial charge in [-0.2, -0.15) is 0 Å². The van der Waals surface area contributed by atoms with Crippen LogP contribution in [0.2, 0.25) is 0 Å². The van der Waals surface area contributed by atoms with Gasteiger partial charge in [-0.25, -0.2) is 9.97 Å². The third-order valence-corrected chi connectivity index (χ3v) is 3.56. The van der Waals surface area contributed by atoms with Crippen LogP contribution in [0.4, 0.5) is 5.82 Å². The van der Waals surface area contributed by atoms with Crippen LogP contribution in [0.25, 0.3) is 10.9 Å². The molecule has 0 bridgehead atoms. The Balaban J connectivity index is 2.07. The van der Waals surface area contributed by atoms with Crippen molar-refractivity contribution in [2.75, 3.05) is 5.32 Å². The van der Waals surface area contributed by atoms with Crippen LogP contribution in [0.15, 0.2) is 24.3 Å². The lowest BCUT2D eigenvalue weighted by Crippen LogP contribution is -2.15. The predicted octanol–water partition coefficient (Wildman–Crippen LogP) is 3.72. The topological polar surface area (TPSA) is 37.8 Å². The maximum absolute atomic E-state index is 4.73. The molecule has 0 amide bonds. The summed E-state index contributed by atoms with van der Waals surface area (Å²) in [5.41, 5.74) is 1.06. The second-order valence-electron chi connectivity index (χ2n) is 5.18.